The van der Waals surface area contributed by atoms with Crippen LogP contribution in [0.2, 0.25) is 0 Å². The zero-order chi connectivity index (χ0) is 10.4. The molecule has 1 atom stereocenters. The van der Waals surface area contributed by atoms with Crippen molar-refractivity contribution in [2.45, 2.75) is 19.4 Å². The van der Waals surface area contributed by atoms with Crippen LogP contribution < -0.4 is 0 Å². The molecule has 0 saturated carbocycles. The second-order valence-electron chi connectivity index (χ2n) is 3.23. The van der Waals surface area contributed by atoms with Crippen LogP contribution in [0.4, 0.5) is 0 Å². The van der Waals surface area contributed by atoms with Crippen LogP contribution >= 0.6 is 0 Å². The molecule has 0 radical (unpaired) electrons. The molecule has 0 amide bonds. The van der Waals surface area contributed by atoms with Crippen molar-refractivity contribution in [2.75, 3.05) is 0 Å². The zero-order valence-corrected chi connectivity index (χ0v) is 8.18. The Hall–Kier alpha value is -1.41. The molecule has 14 heavy (non-hydrogen) atoms. The standard InChI is InChI=1S/C12H14O2/c1-10(13)7-8-12(14)9-11-5-3-2-4-6-11/h2-8,12,14H,9H2,1H3/b8-7+. The number of aliphatic hydroxyl groups excluding tert-OH is 1. The molecule has 0 bridgehead atoms. The monoisotopic (exact) mass is 190 g/mol. The summed E-state index contributed by atoms with van der Waals surface area (Å²) in [5.74, 6) is -0.0443. The lowest BCUT2D eigenvalue weighted by Gasteiger charge is -2.04. The number of ketones is 1. The predicted octanol–water partition coefficient (Wildman–Crippen LogP) is 1.74. The van der Waals surface area contributed by atoms with Crippen molar-refractivity contribution in [1.29, 1.82) is 0 Å². The first-order valence-corrected chi connectivity index (χ1v) is 4.59. The van der Waals surface area contributed by atoms with Crippen molar-refractivity contribution in [1.82, 2.24) is 0 Å². The number of allylic oxidation sites excluding steroid dienone is 1. The van der Waals surface area contributed by atoms with Gasteiger partial charge in [0.25, 0.3) is 0 Å². The van der Waals surface area contributed by atoms with E-state index >= 15 is 0 Å². The van der Waals surface area contributed by atoms with Crippen molar-refractivity contribution < 1.29 is 9.90 Å². The quantitative estimate of drug-likeness (QED) is 0.734. The molecule has 0 saturated heterocycles. The summed E-state index contributed by atoms with van der Waals surface area (Å²) < 4.78 is 0. The van der Waals surface area contributed by atoms with Gasteiger partial charge in [-0.05, 0) is 18.6 Å². The Morgan fingerprint density at radius 2 is 2.07 bits per heavy atom. The number of hydrogen-bond donors (Lipinski definition) is 1. The Balaban J connectivity index is 2.49. The third kappa shape index (κ3) is 4.01. The van der Waals surface area contributed by atoms with Crippen LogP contribution in [-0.2, 0) is 11.2 Å². The maximum Gasteiger partial charge on any atom is 0.152 e. The highest BCUT2D eigenvalue weighted by atomic mass is 16.3. The Bertz CT molecular complexity index is 314. The molecule has 1 aromatic carbocycles. The van der Waals surface area contributed by atoms with E-state index in [4.69, 9.17) is 0 Å². The van der Waals surface area contributed by atoms with Crippen LogP contribution in [-0.4, -0.2) is 17.0 Å². The van der Waals surface area contributed by atoms with Gasteiger partial charge >= 0.3 is 0 Å². The van der Waals surface area contributed by atoms with Crippen molar-refractivity contribution in [3.8, 4) is 0 Å². The van der Waals surface area contributed by atoms with Crippen molar-refractivity contribution in [2.24, 2.45) is 0 Å². The van der Waals surface area contributed by atoms with Gasteiger partial charge in [-0.2, -0.15) is 0 Å². The van der Waals surface area contributed by atoms with Gasteiger partial charge in [0, 0.05) is 6.42 Å². The molecule has 2 heteroatoms. The van der Waals surface area contributed by atoms with Gasteiger partial charge in [-0.25, -0.2) is 0 Å². The zero-order valence-electron chi connectivity index (χ0n) is 8.18. The predicted molar refractivity (Wildman–Crippen MR) is 56.0 cm³/mol. The Labute approximate surface area is 83.9 Å². The largest absolute Gasteiger partial charge is 0.389 e. The van der Waals surface area contributed by atoms with Crippen LogP contribution in [0.25, 0.3) is 0 Å². The molecular formula is C12H14O2. The van der Waals surface area contributed by atoms with E-state index < -0.39 is 6.10 Å². The minimum atomic E-state index is -0.582. The third-order valence-electron chi connectivity index (χ3n) is 1.84. The van der Waals surface area contributed by atoms with Gasteiger partial charge in [0.1, 0.15) is 0 Å². The second kappa shape index (κ2) is 5.35. The van der Waals surface area contributed by atoms with Gasteiger partial charge in [0.15, 0.2) is 5.78 Å². The summed E-state index contributed by atoms with van der Waals surface area (Å²) in [7, 11) is 0. The van der Waals surface area contributed by atoms with Crippen LogP contribution in [0.5, 0.6) is 0 Å². The first kappa shape index (κ1) is 10.7. The van der Waals surface area contributed by atoms with E-state index in [0.717, 1.165) is 5.56 Å². The van der Waals surface area contributed by atoms with Crippen LogP contribution in [0, 0.1) is 0 Å². The topological polar surface area (TPSA) is 37.3 Å². The van der Waals surface area contributed by atoms with Crippen molar-refractivity contribution in [3.05, 3.63) is 48.0 Å². The minimum absolute atomic E-state index is 0.0443. The molecule has 2 nitrogen and oxygen atoms in total. The molecule has 1 unspecified atom stereocenters. The molecule has 0 heterocycles. The summed E-state index contributed by atoms with van der Waals surface area (Å²) in [6.07, 6.45) is 2.88. The highest BCUT2D eigenvalue weighted by Gasteiger charge is 2.00. The van der Waals surface area contributed by atoms with Crippen LogP contribution in [0.3, 0.4) is 0 Å². The summed E-state index contributed by atoms with van der Waals surface area (Å²) in [4.78, 5) is 10.6. The van der Waals surface area contributed by atoms with Gasteiger partial charge in [0.2, 0.25) is 0 Å². The lowest BCUT2D eigenvalue weighted by Crippen LogP contribution is -2.06. The van der Waals surface area contributed by atoms with Crippen molar-refractivity contribution >= 4 is 5.78 Å². The van der Waals surface area contributed by atoms with E-state index in [-0.39, 0.29) is 5.78 Å². The van der Waals surface area contributed by atoms with E-state index in [1.807, 2.05) is 30.3 Å². The summed E-state index contributed by atoms with van der Waals surface area (Å²) in [6, 6.07) is 9.68. The normalized spacial score (nSPS) is 13.0. The second-order valence-corrected chi connectivity index (χ2v) is 3.23. The number of aliphatic hydroxyl groups is 1. The number of benzene rings is 1. The van der Waals surface area contributed by atoms with Gasteiger partial charge in [-0.15, -0.1) is 0 Å². The fourth-order valence-electron chi connectivity index (χ4n) is 1.17. The molecule has 0 fully saturated rings. The number of carbonyl (C=O) groups is 1. The number of carbonyl (C=O) groups excluding carboxylic acids is 1. The lowest BCUT2D eigenvalue weighted by atomic mass is 10.1. The van der Waals surface area contributed by atoms with Crippen LogP contribution in [0.15, 0.2) is 42.5 Å². The fourth-order valence-corrected chi connectivity index (χ4v) is 1.17. The van der Waals surface area contributed by atoms with Gasteiger partial charge in [-0.1, -0.05) is 36.4 Å². The molecule has 1 rings (SSSR count). The van der Waals surface area contributed by atoms with E-state index in [2.05, 4.69) is 0 Å². The Kier molecular flexibility index (Phi) is 4.08. The first-order chi connectivity index (χ1) is 6.68. The minimum Gasteiger partial charge on any atom is -0.389 e. The first-order valence-electron chi connectivity index (χ1n) is 4.59. The average molecular weight is 190 g/mol. The molecule has 74 valence electrons. The highest BCUT2D eigenvalue weighted by Crippen LogP contribution is 2.03. The molecule has 0 spiro atoms. The SMILES string of the molecule is CC(=O)/C=C/C(O)Cc1ccccc1. The number of hydrogen-bond acceptors (Lipinski definition) is 2. The van der Waals surface area contributed by atoms with E-state index in [1.54, 1.807) is 0 Å². The molecule has 0 aromatic heterocycles. The van der Waals surface area contributed by atoms with Crippen molar-refractivity contribution in [3.63, 3.8) is 0 Å². The fraction of sp³-hybridized carbons (Fsp3) is 0.250. The van der Waals surface area contributed by atoms with Gasteiger partial charge < -0.3 is 5.11 Å². The molecule has 1 aromatic rings. The lowest BCUT2D eigenvalue weighted by molar-refractivity contribution is -0.112. The molecule has 0 aliphatic rings. The van der Waals surface area contributed by atoms with Gasteiger partial charge in [-0.3, -0.25) is 4.79 Å². The summed E-state index contributed by atoms with van der Waals surface area (Å²) >= 11 is 0. The summed E-state index contributed by atoms with van der Waals surface area (Å²) in [5, 5.41) is 9.51. The molecule has 0 aliphatic carbocycles. The maximum absolute atomic E-state index is 10.6. The smallest absolute Gasteiger partial charge is 0.152 e. The van der Waals surface area contributed by atoms with Crippen LogP contribution in [0.1, 0.15) is 12.5 Å². The Morgan fingerprint density at radius 1 is 1.43 bits per heavy atom. The Morgan fingerprint density at radius 3 is 2.64 bits per heavy atom. The molecular weight excluding hydrogens is 176 g/mol. The van der Waals surface area contributed by atoms with E-state index in [1.165, 1.54) is 19.1 Å². The summed E-state index contributed by atoms with van der Waals surface area (Å²) in [5.41, 5.74) is 1.06. The maximum atomic E-state index is 10.6. The molecule has 0 aliphatic heterocycles. The average Bonchev–Trinajstić information content (AvgIpc) is 2.16. The van der Waals surface area contributed by atoms with E-state index in [0.29, 0.717) is 6.42 Å². The summed E-state index contributed by atoms with van der Waals surface area (Å²) in [6.45, 7) is 1.46. The third-order valence-corrected chi connectivity index (χ3v) is 1.84. The van der Waals surface area contributed by atoms with E-state index in [9.17, 15) is 9.90 Å². The number of rotatable bonds is 4. The highest BCUT2D eigenvalue weighted by molar-refractivity contribution is 5.87. The van der Waals surface area contributed by atoms with Gasteiger partial charge in [0.05, 0.1) is 6.10 Å². The molecule has 1 N–H and O–H groups in total.